The molecule has 5 aromatic rings. The van der Waals surface area contributed by atoms with Crippen molar-refractivity contribution < 1.29 is 9.15 Å². The van der Waals surface area contributed by atoms with Gasteiger partial charge in [0.2, 0.25) is 17.7 Å². The zero-order chi connectivity index (χ0) is 30.3. The minimum Gasteiger partial charge on any atom is -0.425 e. The van der Waals surface area contributed by atoms with Crippen molar-refractivity contribution in [3.63, 3.8) is 0 Å². The lowest BCUT2D eigenvalue weighted by Gasteiger charge is -2.31. The van der Waals surface area contributed by atoms with Crippen LogP contribution < -0.4 is 0 Å². The highest BCUT2D eigenvalue weighted by Gasteiger charge is 2.52. The van der Waals surface area contributed by atoms with Crippen molar-refractivity contribution in [3.05, 3.63) is 119 Å². The van der Waals surface area contributed by atoms with Crippen molar-refractivity contribution in [2.75, 3.05) is 0 Å². The SMILES string of the molecule is CC(C)(C)C(=N)OC(=N)c1ccc2c(c1)C1(c3ccccc3-2)c2ccccc2-c2ccc(-c3nnc(C(C)(C)C)o3)cc21. The average molecular weight is 567 g/mol. The molecule has 7 rings (SSSR count). The van der Waals surface area contributed by atoms with E-state index in [9.17, 15) is 0 Å². The van der Waals surface area contributed by atoms with Crippen LogP contribution in [0.15, 0.2) is 89.3 Å². The molecule has 0 bridgehead atoms. The van der Waals surface area contributed by atoms with E-state index in [0.717, 1.165) is 27.8 Å². The number of hydrogen-bond acceptors (Lipinski definition) is 6. The number of ether oxygens (including phenoxy) is 1. The van der Waals surface area contributed by atoms with Crippen molar-refractivity contribution >= 4 is 11.8 Å². The van der Waals surface area contributed by atoms with E-state index >= 15 is 0 Å². The van der Waals surface area contributed by atoms with Gasteiger partial charge in [-0.15, -0.1) is 10.2 Å². The third-order valence-corrected chi connectivity index (χ3v) is 8.55. The monoisotopic (exact) mass is 566 g/mol. The van der Waals surface area contributed by atoms with E-state index in [4.69, 9.17) is 20.0 Å². The summed E-state index contributed by atoms with van der Waals surface area (Å²) < 4.78 is 12.0. The van der Waals surface area contributed by atoms with Crippen LogP contribution in [0.25, 0.3) is 33.7 Å². The fourth-order valence-electron chi connectivity index (χ4n) is 6.37. The largest absolute Gasteiger partial charge is 0.425 e. The standard InChI is InChI=1S/C37H34N4O2/c1-35(2,3)33(39)42-31(38)21-15-17-25-23-11-7-9-13-27(23)37(29(25)19-21)28-14-10-8-12-24(28)26-18-16-22(20-30(26)37)32-40-41-34(43-32)36(4,5)6/h7-20,38-39H,1-6H3. The Morgan fingerprint density at radius 2 is 1.23 bits per heavy atom. The number of hydrogen-bond donors (Lipinski definition) is 2. The van der Waals surface area contributed by atoms with Gasteiger partial charge < -0.3 is 9.15 Å². The molecule has 0 radical (unpaired) electrons. The molecule has 1 aromatic heterocycles. The molecule has 0 saturated carbocycles. The van der Waals surface area contributed by atoms with Crippen LogP contribution >= 0.6 is 0 Å². The van der Waals surface area contributed by atoms with Crippen LogP contribution in [0.3, 0.4) is 0 Å². The summed E-state index contributed by atoms with van der Waals surface area (Å²) in [6.45, 7) is 11.9. The van der Waals surface area contributed by atoms with Crippen molar-refractivity contribution in [2.24, 2.45) is 5.41 Å². The van der Waals surface area contributed by atoms with Gasteiger partial charge in [0.15, 0.2) is 5.90 Å². The number of benzene rings is 4. The third-order valence-electron chi connectivity index (χ3n) is 8.55. The molecular formula is C37H34N4O2. The Kier molecular flexibility index (Phi) is 5.70. The van der Waals surface area contributed by atoms with Crippen LogP contribution in [0.1, 0.15) is 75.3 Å². The second kappa shape index (κ2) is 9.08. The second-order valence-corrected chi connectivity index (χ2v) is 13.5. The van der Waals surface area contributed by atoms with Gasteiger partial charge in [0, 0.05) is 22.0 Å². The molecule has 1 atom stereocenters. The maximum atomic E-state index is 8.82. The van der Waals surface area contributed by atoms with Crippen molar-refractivity contribution in [2.45, 2.75) is 52.4 Å². The van der Waals surface area contributed by atoms with Gasteiger partial charge in [0.1, 0.15) is 0 Å². The molecule has 2 aliphatic carbocycles. The van der Waals surface area contributed by atoms with E-state index in [-0.39, 0.29) is 17.2 Å². The first-order valence-corrected chi connectivity index (χ1v) is 14.6. The fraction of sp³-hybridized carbons (Fsp3) is 0.243. The molecular weight excluding hydrogens is 532 g/mol. The summed E-state index contributed by atoms with van der Waals surface area (Å²) in [5.41, 5.74) is 9.38. The Labute approximate surface area is 251 Å². The Balaban J connectivity index is 1.48. The smallest absolute Gasteiger partial charge is 0.247 e. The van der Waals surface area contributed by atoms with E-state index in [1.54, 1.807) is 0 Å². The van der Waals surface area contributed by atoms with E-state index < -0.39 is 10.8 Å². The highest BCUT2D eigenvalue weighted by atomic mass is 16.5. The minimum absolute atomic E-state index is 0.0327. The first-order chi connectivity index (χ1) is 20.4. The average Bonchev–Trinajstić information content (AvgIpc) is 3.66. The van der Waals surface area contributed by atoms with Crippen molar-refractivity contribution in [1.29, 1.82) is 10.8 Å². The predicted octanol–water partition coefficient (Wildman–Crippen LogP) is 8.74. The van der Waals surface area contributed by atoms with E-state index in [1.165, 1.54) is 22.3 Å². The minimum atomic E-state index is -0.617. The lowest BCUT2D eigenvalue weighted by molar-refractivity contribution is 0.399. The summed E-state index contributed by atoms with van der Waals surface area (Å²) >= 11 is 0. The molecule has 1 heterocycles. The summed E-state index contributed by atoms with van der Waals surface area (Å²) in [6.07, 6.45) is 0. The number of nitrogens with zero attached hydrogens (tertiary/aromatic N) is 2. The van der Waals surface area contributed by atoms with E-state index in [1.807, 2.05) is 26.8 Å². The predicted molar refractivity (Wildman–Crippen MR) is 170 cm³/mol. The highest BCUT2D eigenvalue weighted by molar-refractivity contribution is 6.02. The van der Waals surface area contributed by atoms with Gasteiger partial charge in [0.25, 0.3) is 0 Å². The molecule has 2 N–H and O–H groups in total. The second-order valence-electron chi connectivity index (χ2n) is 13.5. The summed E-state index contributed by atoms with van der Waals surface area (Å²) in [6, 6.07) is 29.7. The molecule has 1 spiro atoms. The summed E-state index contributed by atoms with van der Waals surface area (Å²) in [5.74, 6) is 1.12. The Morgan fingerprint density at radius 3 is 1.81 bits per heavy atom. The van der Waals surface area contributed by atoms with E-state index in [2.05, 4.69) is 110 Å². The van der Waals surface area contributed by atoms with Gasteiger partial charge in [-0.3, -0.25) is 10.8 Å². The van der Waals surface area contributed by atoms with Crippen LogP contribution in [0.2, 0.25) is 0 Å². The number of nitrogens with one attached hydrogen (secondary N) is 2. The Morgan fingerprint density at radius 1 is 0.674 bits per heavy atom. The van der Waals surface area contributed by atoms with Gasteiger partial charge in [-0.2, -0.15) is 0 Å². The number of rotatable bonds is 2. The molecule has 6 nitrogen and oxygen atoms in total. The number of fused-ring (bicyclic) bond motifs is 10. The van der Waals surface area contributed by atoms with Crippen molar-refractivity contribution in [1.82, 2.24) is 10.2 Å². The first-order valence-electron chi connectivity index (χ1n) is 14.6. The van der Waals surface area contributed by atoms with Crippen molar-refractivity contribution in [3.8, 4) is 33.7 Å². The zero-order valence-corrected chi connectivity index (χ0v) is 25.3. The van der Waals surface area contributed by atoms with Crippen LogP contribution in [-0.2, 0) is 15.6 Å². The van der Waals surface area contributed by atoms with Crippen LogP contribution in [0, 0.1) is 16.2 Å². The molecule has 0 aliphatic heterocycles. The zero-order valence-electron chi connectivity index (χ0n) is 25.3. The topological polar surface area (TPSA) is 95.8 Å². The Hall–Kier alpha value is -4.84. The molecule has 2 aliphatic rings. The summed E-state index contributed by atoms with van der Waals surface area (Å²) in [7, 11) is 0. The van der Waals surface area contributed by atoms with Gasteiger partial charge in [-0.05, 0) is 68.8 Å². The lowest BCUT2D eigenvalue weighted by atomic mass is 9.70. The Bertz CT molecular complexity index is 1960. The molecule has 214 valence electrons. The molecule has 43 heavy (non-hydrogen) atoms. The van der Waals surface area contributed by atoms with Crippen LogP contribution in [0.5, 0.6) is 0 Å². The van der Waals surface area contributed by atoms with Crippen LogP contribution in [-0.4, -0.2) is 22.0 Å². The molecule has 1 unspecified atom stereocenters. The first kappa shape index (κ1) is 27.0. The van der Waals surface area contributed by atoms with Gasteiger partial charge in [0.05, 0.1) is 5.41 Å². The van der Waals surface area contributed by atoms with Crippen LogP contribution in [0.4, 0.5) is 0 Å². The normalized spacial score (nSPS) is 16.4. The number of aromatic nitrogens is 2. The molecule has 4 aromatic carbocycles. The summed E-state index contributed by atoms with van der Waals surface area (Å²) in [4.78, 5) is 0. The maximum absolute atomic E-state index is 8.82. The third kappa shape index (κ3) is 3.93. The maximum Gasteiger partial charge on any atom is 0.247 e. The lowest BCUT2D eigenvalue weighted by Crippen LogP contribution is -2.27. The quantitative estimate of drug-likeness (QED) is 0.162. The van der Waals surface area contributed by atoms with Gasteiger partial charge in [-0.25, -0.2) is 0 Å². The highest BCUT2D eigenvalue weighted by Crippen LogP contribution is 2.63. The van der Waals surface area contributed by atoms with E-state index in [0.29, 0.717) is 17.3 Å². The van der Waals surface area contributed by atoms with Gasteiger partial charge in [-0.1, -0.05) is 102 Å². The summed E-state index contributed by atoms with van der Waals surface area (Å²) in [5, 5.41) is 26.0. The molecule has 0 amide bonds. The van der Waals surface area contributed by atoms with Gasteiger partial charge >= 0.3 is 0 Å². The molecule has 0 saturated heterocycles. The fourth-order valence-corrected chi connectivity index (χ4v) is 6.37. The molecule has 0 fully saturated rings. The molecule has 6 heteroatoms.